The Morgan fingerprint density at radius 1 is 0.938 bits per heavy atom. The monoisotopic (exact) mass is 432 g/mol. The van der Waals surface area contributed by atoms with E-state index in [1.165, 1.54) is 33.5 Å². The van der Waals surface area contributed by atoms with E-state index >= 15 is 0 Å². The van der Waals surface area contributed by atoms with Gasteiger partial charge in [0.25, 0.3) is 0 Å². The molecule has 1 aromatic rings. The molecule has 2 aliphatic rings. The molecule has 0 unspecified atom stereocenters. The molecule has 0 fully saturated rings. The van der Waals surface area contributed by atoms with Crippen LogP contribution in [0.15, 0.2) is 55.2 Å². The standard InChI is InChI=1S/C30H44N2/c1-9-15-27(29(7,10-2)11-3)16-14-17-31-20-24-18-26-22-32(30(8,12-4)13-5)23(6)28(26)19-25(24)21-31/h9,14-16,18-19H,1,6,10-13,17,20-22H2,2-5,7-8H3/b16-14-,27-15+. The van der Waals surface area contributed by atoms with Gasteiger partial charge in [0, 0.05) is 43.0 Å². The first-order valence-electron chi connectivity index (χ1n) is 12.6. The van der Waals surface area contributed by atoms with Gasteiger partial charge in [0.1, 0.15) is 0 Å². The van der Waals surface area contributed by atoms with E-state index in [-0.39, 0.29) is 11.0 Å². The molecule has 0 spiro atoms. The molecule has 2 heteroatoms. The highest BCUT2D eigenvalue weighted by atomic mass is 15.2. The summed E-state index contributed by atoms with van der Waals surface area (Å²) in [6.45, 7) is 26.4. The largest absolute Gasteiger partial charge is 0.362 e. The first-order chi connectivity index (χ1) is 15.2. The molecule has 3 rings (SSSR count). The fourth-order valence-electron chi connectivity index (χ4n) is 5.23. The summed E-state index contributed by atoms with van der Waals surface area (Å²) < 4.78 is 0. The molecule has 2 aliphatic heterocycles. The van der Waals surface area contributed by atoms with Gasteiger partial charge < -0.3 is 4.90 Å². The maximum Gasteiger partial charge on any atom is 0.0441 e. The van der Waals surface area contributed by atoms with Gasteiger partial charge in [0.05, 0.1) is 0 Å². The Bertz CT molecular complexity index is 909. The maximum atomic E-state index is 4.50. The minimum atomic E-state index is 0.194. The quantitative estimate of drug-likeness (QED) is 0.347. The van der Waals surface area contributed by atoms with Gasteiger partial charge in [-0.05, 0) is 66.4 Å². The Morgan fingerprint density at radius 2 is 1.56 bits per heavy atom. The lowest BCUT2D eigenvalue weighted by molar-refractivity contribution is 0.167. The number of fused-ring (bicyclic) bond motifs is 2. The third-order valence-corrected chi connectivity index (χ3v) is 8.57. The van der Waals surface area contributed by atoms with E-state index in [4.69, 9.17) is 0 Å². The fraction of sp³-hybridized carbons (Fsp3) is 0.533. The van der Waals surface area contributed by atoms with Crippen molar-refractivity contribution in [2.75, 3.05) is 6.54 Å². The summed E-state index contributed by atoms with van der Waals surface area (Å²) >= 11 is 0. The molecule has 0 saturated heterocycles. The molecule has 174 valence electrons. The summed E-state index contributed by atoms with van der Waals surface area (Å²) in [6, 6.07) is 4.89. The van der Waals surface area contributed by atoms with Crippen LogP contribution in [0.2, 0.25) is 0 Å². The van der Waals surface area contributed by atoms with Crippen LogP contribution in [0.5, 0.6) is 0 Å². The molecule has 0 saturated carbocycles. The summed E-state index contributed by atoms with van der Waals surface area (Å²) in [6.07, 6.45) is 13.4. The van der Waals surface area contributed by atoms with E-state index in [0.717, 1.165) is 51.9 Å². The normalized spacial score (nSPS) is 17.4. The van der Waals surface area contributed by atoms with Crippen molar-refractivity contribution in [1.82, 2.24) is 9.80 Å². The summed E-state index contributed by atoms with van der Waals surface area (Å²) in [5, 5.41) is 0. The van der Waals surface area contributed by atoms with Crippen molar-refractivity contribution >= 4 is 5.70 Å². The van der Waals surface area contributed by atoms with E-state index in [1.807, 2.05) is 6.08 Å². The van der Waals surface area contributed by atoms with Crippen molar-refractivity contribution in [1.29, 1.82) is 0 Å². The highest BCUT2D eigenvalue weighted by molar-refractivity contribution is 5.71. The molecule has 0 atom stereocenters. The average Bonchev–Trinajstić information content (AvgIpc) is 3.35. The molecule has 32 heavy (non-hydrogen) atoms. The van der Waals surface area contributed by atoms with Crippen LogP contribution in [0.1, 0.15) is 89.5 Å². The smallest absolute Gasteiger partial charge is 0.0441 e. The highest BCUT2D eigenvalue weighted by Gasteiger charge is 2.36. The Kier molecular flexibility index (Phi) is 7.55. The van der Waals surface area contributed by atoms with Gasteiger partial charge in [-0.15, -0.1) is 0 Å². The first-order valence-corrected chi connectivity index (χ1v) is 12.6. The van der Waals surface area contributed by atoms with Crippen LogP contribution >= 0.6 is 0 Å². The van der Waals surface area contributed by atoms with Crippen LogP contribution in [0.4, 0.5) is 0 Å². The number of allylic oxidation sites excluding steroid dienone is 4. The molecule has 0 bridgehead atoms. The second-order valence-corrected chi connectivity index (χ2v) is 10.2. The van der Waals surface area contributed by atoms with Gasteiger partial charge in [-0.25, -0.2) is 0 Å². The van der Waals surface area contributed by atoms with Crippen molar-refractivity contribution in [2.45, 2.75) is 92.4 Å². The van der Waals surface area contributed by atoms with Gasteiger partial charge in [-0.3, -0.25) is 4.90 Å². The Morgan fingerprint density at radius 3 is 2.12 bits per heavy atom. The van der Waals surface area contributed by atoms with Gasteiger partial charge in [0.2, 0.25) is 0 Å². The Labute approximate surface area is 197 Å². The number of hydrogen-bond acceptors (Lipinski definition) is 2. The zero-order valence-electron chi connectivity index (χ0n) is 21.4. The van der Waals surface area contributed by atoms with Crippen LogP contribution in [0, 0.1) is 5.41 Å². The third kappa shape index (κ3) is 4.53. The van der Waals surface area contributed by atoms with Gasteiger partial charge in [0.15, 0.2) is 0 Å². The topological polar surface area (TPSA) is 6.48 Å². The molecule has 0 aromatic heterocycles. The third-order valence-electron chi connectivity index (χ3n) is 8.57. The van der Waals surface area contributed by atoms with Crippen LogP contribution in [0.3, 0.4) is 0 Å². The molecule has 0 N–H and O–H groups in total. The number of rotatable bonds is 10. The lowest BCUT2D eigenvalue weighted by Crippen LogP contribution is -2.41. The van der Waals surface area contributed by atoms with E-state index in [0.29, 0.717) is 0 Å². The average molecular weight is 433 g/mol. The fourth-order valence-corrected chi connectivity index (χ4v) is 5.23. The van der Waals surface area contributed by atoms with Gasteiger partial charge in [-0.1, -0.05) is 78.1 Å². The minimum Gasteiger partial charge on any atom is -0.362 e. The minimum absolute atomic E-state index is 0.194. The van der Waals surface area contributed by atoms with Gasteiger partial charge >= 0.3 is 0 Å². The molecular formula is C30H44N2. The summed E-state index contributed by atoms with van der Waals surface area (Å²) in [5.74, 6) is 0. The van der Waals surface area contributed by atoms with E-state index in [9.17, 15) is 0 Å². The van der Waals surface area contributed by atoms with Crippen molar-refractivity contribution in [3.8, 4) is 0 Å². The molecule has 1 aromatic carbocycles. The zero-order valence-corrected chi connectivity index (χ0v) is 21.4. The number of hydrogen-bond donors (Lipinski definition) is 0. The van der Waals surface area contributed by atoms with E-state index in [1.54, 1.807) is 0 Å². The summed E-state index contributed by atoms with van der Waals surface area (Å²) in [7, 11) is 0. The maximum absolute atomic E-state index is 4.50. The lowest BCUT2D eigenvalue weighted by Gasteiger charge is -2.40. The van der Waals surface area contributed by atoms with Crippen LogP contribution in [-0.4, -0.2) is 21.9 Å². The predicted octanol–water partition coefficient (Wildman–Crippen LogP) is 7.86. The molecule has 0 amide bonds. The van der Waals surface area contributed by atoms with Crippen molar-refractivity contribution in [3.05, 3.63) is 77.4 Å². The SMILES string of the molecule is C=C/C=C(\C=C/CN1Cc2cc3c(cc2C1)C(=C)N(C(C)(CC)CC)C3)C(C)(CC)CC. The summed E-state index contributed by atoms with van der Waals surface area (Å²) in [5.41, 5.74) is 8.81. The zero-order chi connectivity index (χ0) is 23.5. The molecule has 0 aliphatic carbocycles. The number of nitrogens with zero attached hydrogens (tertiary/aromatic N) is 2. The van der Waals surface area contributed by atoms with E-state index < -0.39 is 0 Å². The van der Waals surface area contributed by atoms with Crippen LogP contribution < -0.4 is 0 Å². The Hall–Kier alpha value is -2.06. The lowest BCUT2D eigenvalue weighted by atomic mass is 9.77. The molecule has 2 nitrogen and oxygen atoms in total. The molecular weight excluding hydrogens is 388 g/mol. The van der Waals surface area contributed by atoms with Crippen LogP contribution in [-0.2, 0) is 19.6 Å². The van der Waals surface area contributed by atoms with Crippen molar-refractivity contribution in [3.63, 3.8) is 0 Å². The Balaban J connectivity index is 1.70. The molecule has 2 heterocycles. The van der Waals surface area contributed by atoms with Crippen molar-refractivity contribution in [2.24, 2.45) is 5.41 Å². The number of benzene rings is 1. The second kappa shape index (κ2) is 9.83. The summed E-state index contributed by atoms with van der Waals surface area (Å²) in [4.78, 5) is 5.08. The van der Waals surface area contributed by atoms with Gasteiger partial charge in [-0.2, -0.15) is 0 Å². The van der Waals surface area contributed by atoms with E-state index in [2.05, 4.69) is 94.9 Å². The second-order valence-electron chi connectivity index (χ2n) is 10.2. The molecule has 0 radical (unpaired) electrons. The van der Waals surface area contributed by atoms with Crippen molar-refractivity contribution < 1.29 is 0 Å². The highest BCUT2D eigenvalue weighted by Crippen LogP contribution is 2.42. The predicted molar refractivity (Wildman–Crippen MR) is 140 cm³/mol. The first kappa shape index (κ1) is 24.6. The van der Waals surface area contributed by atoms with Crippen LogP contribution in [0.25, 0.3) is 5.70 Å².